The first kappa shape index (κ1) is 15.4. The Kier molecular flexibility index (Phi) is 6.27. The molecule has 0 heterocycles. The van der Waals surface area contributed by atoms with E-state index in [4.69, 9.17) is 0 Å². The molecule has 0 N–H and O–H groups in total. The quantitative estimate of drug-likeness (QED) is 0.535. The lowest BCUT2D eigenvalue weighted by molar-refractivity contribution is 0.562. The average Bonchev–Trinajstić information content (AvgIpc) is 2.29. The van der Waals surface area contributed by atoms with Crippen LogP contribution in [-0.4, -0.2) is 0 Å². The smallest absolute Gasteiger partial charge is 0.0143 e. The minimum atomic E-state index is -0.120. The summed E-state index contributed by atoms with van der Waals surface area (Å²) in [6.45, 7) is 20.0. The van der Waals surface area contributed by atoms with Crippen molar-refractivity contribution in [1.29, 1.82) is 0 Å². The van der Waals surface area contributed by atoms with Gasteiger partial charge in [0.25, 0.3) is 0 Å². The normalized spacial score (nSPS) is 13.9. The Bertz CT molecular complexity index is 384. The molecule has 0 bridgehead atoms. The molecule has 0 aromatic heterocycles. The number of hydrogen-bond acceptors (Lipinski definition) is 0. The molecule has 0 aliphatic heterocycles. The summed E-state index contributed by atoms with van der Waals surface area (Å²) in [6, 6.07) is 0. The van der Waals surface area contributed by atoms with E-state index in [1.807, 2.05) is 38.2 Å². The van der Waals surface area contributed by atoms with Crippen molar-refractivity contribution in [2.24, 2.45) is 5.41 Å². The van der Waals surface area contributed by atoms with Gasteiger partial charge in [0.15, 0.2) is 0 Å². The summed E-state index contributed by atoms with van der Waals surface area (Å²) < 4.78 is 0. The molecule has 0 nitrogen and oxygen atoms in total. The van der Waals surface area contributed by atoms with Gasteiger partial charge in [-0.05, 0) is 30.6 Å². The topological polar surface area (TPSA) is 0 Å². The Morgan fingerprint density at radius 1 is 1.12 bits per heavy atom. The van der Waals surface area contributed by atoms with Gasteiger partial charge in [0.1, 0.15) is 0 Å². The SMILES string of the molecule is C=C/C=C(/C=C\C)C(=C/C)\C(C)(C)C(=C)C=C. The predicted molar refractivity (Wildman–Crippen MR) is 80.0 cm³/mol. The molecular weight excluding hydrogens is 204 g/mol. The van der Waals surface area contributed by atoms with Gasteiger partial charge in [0.2, 0.25) is 0 Å². The van der Waals surface area contributed by atoms with Gasteiger partial charge in [-0.3, -0.25) is 0 Å². The van der Waals surface area contributed by atoms with Gasteiger partial charge >= 0.3 is 0 Å². The highest BCUT2D eigenvalue weighted by Crippen LogP contribution is 2.38. The van der Waals surface area contributed by atoms with Crippen LogP contribution >= 0.6 is 0 Å². The zero-order valence-electron chi connectivity index (χ0n) is 11.6. The van der Waals surface area contributed by atoms with Crippen molar-refractivity contribution in [3.63, 3.8) is 0 Å². The Hall–Kier alpha value is -1.56. The molecular formula is C17H24. The molecule has 92 valence electrons. The molecule has 0 aliphatic carbocycles. The van der Waals surface area contributed by atoms with Crippen molar-refractivity contribution in [3.8, 4) is 0 Å². The molecule has 0 atom stereocenters. The lowest BCUT2D eigenvalue weighted by Crippen LogP contribution is -2.17. The van der Waals surface area contributed by atoms with Gasteiger partial charge in [-0.1, -0.05) is 70.0 Å². The first-order valence-corrected chi connectivity index (χ1v) is 5.90. The fourth-order valence-electron chi connectivity index (χ4n) is 1.86. The largest absolute Gasteiger partial charge is 0.0990 e. The van der Waals surface area contributed by atoms with Crippen molar-refractivity contribution < 1.29 is 0 Å². The van der Waals surface area contributed by atoms with Crippen LogP contribution in [0.5, 0.6) is 0 Å². The van der Waals surface area contributed by atoms with Crippen molar-refractivity contribution in [3.05, 3.63) is 72.9 Å². The highest BCUT2D eigenvalue weighted by atomic mass is 14.3. The Balaban J connectivity index is 5.63. The maximum Gasteiger partial charge on any atom is 0.0143 e. The monoisotopic (exact) mass is 228 g/mol. The fourth-order valence-corrected chi connectivity index (χ4v) is 1.86. The standard InChI is InChI=1S/C17H24/c1-8-12-15(13-9-2)16(11-4)17(6,7)14(5)10-3/h8-13H,1,3,5H2,2,4,6-7H3/b13-9-,15-12-,16-11+. The predicted octanol–water partition coefficient (Wildman–Crippen LogP) is 5.39. The maximum atomic E-state index is 4.08. The molecule has 0 unspecified atom stereocenters. The lowest BCUT2D eigenvalue weighted by atomic mass is 9.74. The summed E-state index contributed by atoms with van der Waals surface area (Å²) in [6.07, 6.45) is 11.9. The van der Waals surface area contributed by atoms with E-state index in [0.29, 0.717) is 0 Å². The summed E-state index contributed by atoms with van der Waals surface area (Å²) >= 11 is 0. The zero-order valence-corrected chi connectivity index (χ0v) is 11.6. The minimum Gasteiger partial charge on any atom is -0.0990 e. The van der Waals surface area contributed by atoms with Crippen molar-refractivity contribution in [1.82, 2.24) is 0 Å². The number of hydrogen-bond donors (Lipinski definition) is 0. The molecule has 0 aromatic carbocycles. The van der Waals surface area contributed by atoms with E-state index < -0.39 is 0 Å². The van der Waals surface area contributed by atoms with Crippen LogP contribution in [0, 0.1) is 5.41 Å². The van der Waals surface area contributed by atoms with Crippen LogP contribution in [0.15, 0.2) is 72.9 Å². The van der Waals surface area contributed by atoms with Crippen LogP contribution in [0.2, 0.25) is 0 Å². The van der Waals surface area contributed by atoms with Crippen LogP contribution in [0.25, 0.3) is 0 Å². The Morgan fingerprint density at radius 3 is 2.06 bits per heavy atom. The third kappa shape index (κ3) is 3.74. The first-order valence-electron chi connectivity index (χ1n) is 5.90. The molecule has 17 heavy (non-hydrogen) atoms. The third-order valence-electron chi connectivity index (χ3n) is 2.97. The molecule has 0 heteroatoms. The molecule has 0 saturated heterocycles. The summed E-state index contributed by atoms with van der Waals surface area (Å²) in [5.41, 5.74) is 3.30. The van der Waals surface area contributed by atoms with Crippen LogP contribution in [-0.2, 0) is 0 Å². The van der Waals surface area contributed by atoms with Crippen LogP contribution in [0.4, 0.5) is 0 Å². The van der Waals surface area contributed by atoms with Crippen molar-refractivity contribution in [2.75, 3.05) is 0 Å². The summed E-state index contributed by atoms with van der Waals surface area (Å²) in [5, 5.41) is 0. The molecule has 0 rings (SSSR count). The highest BCUT2D eigenvalue weighted by molar-refractivity contribution is 5.49. The summed E-state index contributed by atoms with van der Waals surface area (Å²) in [4.78, 5) is 0. The molecule has 0 spiro atoms. The van der Waals surface area contributed by atoms with E-state index in [2.05, 4.69) is 45.7 Å². The maximum absolute atomic E-state index is 4.08. The fraction of sp³-hybridized carbons (Fsp3) is 0.294. The average molecular weight is 228 g/mol. The molecule has 0 radical (unpaired) electrons. The minimum absolute atomic E-state index is 0.120. The van der Waals surface area contributed by atoms with E-state index in [1.165, 1.54) is 5.57 Å². The Morgan fingerprint density at radius 2 is 1.71 bits per heavy atom. The summed E-state index contributed by atoms with van der Waals surface area (Å²) in [7, 11) is 0. The van der Waals surface area contributed by atoms with Gasteiger partial charge < -0.3 is 0 Å². The van der Waals surface area contributed by atoms with Gasteiger partial charge in [0, 0.05) is 5.41 Å². The second kappa shape index (κ2) is 6.90. The van der Waals surface area contributed by atoms with E-state index >= 15 is 0 Å². The number of allylic oxidation sites excluding steroid dienone is 9. The van der Waals surface area contributed by atoms with E-state index in [1.54, 1.807) is 0 Å². The van der Waals surface area contributed by atoms with Gasteiger partial charge in [-0.2, -0.15) is 0 Å². The third-order valence-corrected chi connectivity index (χ3v) is 2.97. The lowest BCUT2D eigenvalue weighted by Gasteiger charge is -2.30. The van der Waals surface area contributed by atoms with Crippen molar-refractivity contribution >= 4 is 0 Å². The van der Waals surface area contributed by atoms with E-state index in [0.717, 1.165) is 11.1 Å². The van der Waals surface area contributed by atoms with Gasteiger partial charge in [-0.15, -0.1) is 0 Å². The zero-order chi connectivity index (χ0) is 13.5. The second-order valence-corrected chi connectivity index (χ2v) is 4.41. The van der Waals surface area contributed by atoms with E-state index in [9.17, 15) is 0 Å². The highest BCUT2D eigenvalue weighted by Gasteiger charge is 2.25. The van der Waals surface area contributed by atoms with Crippen LogP contribution < -0.4 is 0 Å². The molecule has 0 fully saturated rings. The Labute approximate surface area is 106 Å². The number of rotatable bonds is 6. The summed E-state index contributed by atoms with van der Waals surface area (Å²) in [5.74, 6) is 0. The van der Waals surface area contributed by atoms with Gasteiger partial charge in [-0.25, -0.2) is 0 Å². The van der Waals surface area contributed by atoms with Crippen LogP contribution in [0.1, 0.15) is 27.7 Å². The molecule has 0 saturated carbocycles. The van der Waals surface area contributed by atoms with Crippen LogP contribution in [0.3, 0.4) is 0 Å². The van der Waals surface area contributed by atoms with Gasteiger partial charge in [0.05, 0.1) is 0 Å². The molecule has 0 amide bonds. The molecule has 0 aromatic rings. The van der Waals surface area contributed by atoms with Crippen molar-refractivity contribution in [2.45, 2.75) is 27.7 Å². The molecule has 0 aliphatic rings. The second-order valence-electron chi connectivity index (χ2n) is 4.41. The van der Waals surface area contributed by atoms with E-state index in [-0.39, 0.29) is 5.41 Å². The first-order chi connectivity index (χ1) is 7.95.